The van der Waals surface area contributed by atoms with Gasteiger partial charge in [0.2, 0.25) is 0 Å². The Balaban J connectivity index is 2.27. The first-order valence-corrected chi connectivity index (χ1v) is 6.65. The van der Waals surface area contributed by atoms with Crippen molar-refractivity contribution in [3.05, 3.63) is 65.5 Å². The molecule has 0 spiro atoms. The van der Waals surface area contributed by atoms with Gasteiger partial charge in [-0.3, -0.25) is 0 Å². The second-order valence-corrected chi connectivity index (χ2v) is 5.24. The van der Waals surface area contributed by atoms with E-state index in [0.29, 0.717) is 5.92 Å². The molecular weight excluding hydrogens is 237 g/mol. The van der Waals surface area contributed by atoms with Crippen LogP contribution in [0, 0.1) is 18.7 Å². The summed E-state index contributed by atoms with van der Waals surface area (Å²) in [6, 6.07) is 15.4. The zero-order chi connectivity index (χ0) is 13.8. The number of hydrogen-bond donors (Lipinski definition) is 1. The smallest absolute Gasteiger partial charge is 0.123 e. The molecule has 0 bridgehead atoms. The molecule has 100 valence electrons. The summed E-state index contributed by atoms with van der Waals surface area (Å²) in [6.45, 7) is 6.29. The summed E-state index contributed by atoms with van der Waals surface area (Å²) in [6.07, 6.45) is 0. The number of halogens is 1. The molecule has 0 aliphatic carbocycles. The van der Waals surface area contributed by atoms with Crippen LogP contribution in [0.2, 0.25) is 0 Å². The zero-order valence-electron chi connectivity index (χ0n) is 11.7. The van der Waals surface area contributed by atoms with E-state index in [4.69, 9.17) is 0 Å². The predicted molar refractivity (Wildman–Crippen MR) is 78.8 cm³/mol. The van der Waals surface area contributed by atoms with Gasteiger partial charge in [-0.25, -0.2) is 4.39 Å². The highest BCUT2D eigenvalue weighted by Gasteiger charge is 2.16. The van der Waals surface area contributed by atoms with E-state index in [0.717, 1.165) is 11.3 Å². The van der Waals surface area contributed by atoms with Crippen molar-refractivity contribution in [3.8, 4) is 0 Å². The van der Waals surface area contributed by atoms with Crippen LogP contribution in [0.25, 0.3) is 0 Å². The Morgan fingerprint density at radius 2 is 1.68 bits per heavy atom. The Labute approximate surface area is 114 Å². The number of rotatable bonds is 4. The minimum absolute atomic E-state index is 0.191. The van der Waals surface area contributed by atoms with Crippen LogP contribution in [0.4, 0.5) is 10.1 Å². The van der Waals surface area contributed by atoms with E-state index in [1.807, 2.05) is 31.2 Å². The predicted octanol–water partition coefficient (Wildman–Crippen LogP) is 4.94. The number of hydrogen-bond acceptors (Lipinski definition) is 1. The summed E-state index contributed by atoms with van der Waals surface area (Å²) in [5.41, 5.74) is 3.17. The quantitative estimate of drug-likeness (QED) is 0.817. The van der Waals surface area contributed by atoms with Crippen molar-refractivity contribution >= 4 is 5.69 Å². The van der Waals surface area contributed by atoms with Crippen LogP contribution in [0.5, 0.6) is 0 Å². The SMILES string of the molecule is Cc1cc(F)ccc1NC(c1ccccc1)C(C)C. The minimum atomic E-state index is -0.191. The molecule has 19 heavy (non-hydrogen) atoms. The first kappa shape index (κ1) is 13.6. The van der Waals surface area contributed by atoms with Crippen molar-refractivity contribution in [1.82, 2.24) is 0 Å². The van der Waals surface area contributed by atoms with Gasteiger partial charge in [0.15, 0.2) is 0 Å². The molecular formula is C17H20FN. The van der Waals surface area contributed by atoms with Crippen molar-refractivity contribution in [2.24, 2.45) is 5.92 Å². The van der Waals surface area contributed by atoms with Crippen LogP contribution in [-0.2, 0) is 0 Å². The molecule has 1 atom stereocenters. The number of anilines is 1. The van der Waals surface area contributed by atoms with E-state index >= 15 is 0 Å². The lowest BCUT2D eigenvalue weighted by Crippen LogP contribution is -2.17. The summed E-state index contributed by atoms with van der Waals surface area (Å²) in [5, 5.41) is 3.52. The fourth-order valence-corrected chi connectivity index (χ4v) is 2.25. The van der Waals surface area contributed by atoms with Gasteiger partial charge in [-0.2, -0.15) is 0 Å². The maximum atomic E-state index is 13.1. The molecule has 1 nitrogen and oxygen atoms in total. The number of benzene rings is 2. The molecule has 0 aliphatic heterocycles. The molecule has 0 heterocycles. The fourth-order valence-electron chi connectivity index (χ4n) is 2.25. The van der Waals surface area contributed by atoms with Crippen molar-refractivity contribution < 1.29 is 4.39 Å². The van der Waals surface area contributed by atoms with Crippen LogP contribution >= 0.6 is 0 Å². The molecule has 0 aliphatic rings. The van der Waals surface area contributed by atoms with Crippen molar-refractivity contribution in [3.63, 3.8) is 0 Å². The molecule has 1 N–H and O–H groups in total. The van der Waals surface area contributed by atoms with Crippen molar-refractivity contribution in [1.29, 1.82) is 0 Å². The second-order valence-electron chi connectivity index (χ2n) is 5.24. The van der Waals surface area contributed by atoms with Crippen molar-refractivity contribution in [2.75, 3.05) is 5.32 Å². The van der Waals surface area contributed by atoms with Crippen LogP contribution in [0.1, 0.15) is 31.0 Å². The van der Waals surface area contributed by atoms with Gasteiger partial charge in [-0.05, 0) is 42.2 Å². The minimum Gasteiger partial charge on any atom is -0.378 e. The second kappa shape index (κ2) is 5.87. The molecule has 2 rings (SSSR count). The standard InChI is InChI=1S/C17H20FN/c1-12(2)17(14-7-5-4-6-8-14)19-16-10-9-15(18)11-13(16)3/h4-12,17,19H,1-3H3. The van der Waals surface area contributed by atoms with Gasteiger partial charge in [0.1, 0.15) is 5.82 Å². The molecule has 2 aromatic rings. The van der Waals surface area contributed by atoms with Gasteiger partial charge in [-0.1, -0.05) is 44.2 Å². The van der Waals surface area contributed by atoms with Gasteiger partial charge >= 0.3 is 0 Å². The van der Waals surface area contributed by atoms with Crippen molar-refractivity contribution in [2.45, 2.75) is 26.8 Å². The Morgan fingerprint density at radius 1 is 1.00 bits per heavy atom. The van der Waals surface area contributed by atoms with E-state index in [2.05, 4.69) is 31.3 Å². The average Bonchev–Trinajstić information content (AvgIpc) is 2.38. The molecule has 0 aromatic heterocycles. The zero-order valence-corrected chi connectivity index (χ0v) is 11.7. The van der Waals surface area contributed by atoms with E-state index in [1.165, 1.54) is 11.6 Å². The highest BCUT2D eigenvalue weighted by atomic mass is 19.1. The average molecular weight is 257 g/mol. The fraction of sp³-hybridized carbons (Fsp3) is 0.294. The molecule has 0 fully saturated rings. The highest BCUT2D eigenvalue weighted by Crippen LogP contribution is 2.28. The Hall–Kier alpha value is -1.83. The number of nitrogens with one attached hydrogen (secondary N) is 1. The van der Waals surface area contributed by atoms with E-state index in [9.17, 15) is 4.39 Å². The van der Waals surface area contributed by atoms with Gasteiger partial charge in [0, 0.05) is 5.69 Å². The summed E-state index contributed by atoms with van der Waals surface area (Å²) >= 11 is 0. The van der Waals surface area contributed by atoms with Crippen LogP contribution < -0.4 is 5.32 Å². The molecule has 0 amide bonds. The van der Waals surface area contributed by atoms with Gasteiger partial charge in [0.05, 0.1) is 6.04 Å². The Kier molecular flexibility index (Phi) is 4.20. The molecule has 2 aromatic carbocycles. The maximum absolute atomic E-state index is 13.1. The molecule has 0 radical (unpaired) electrons. The summed E-state index contributed by atoms with van der Waals surface area (Å²) in [7, 11) is 0. The molecule has 0 saturated heterocycles. The third kappa shape index (κ3) is 3.34. The summed E-state index contributed by atoms with van der Waals surface area (Å²) < 4.78 is 13.1. The summed E-state index contributed by atoms with van der Waals surface area (Å²) in [4.78, 5) is 0. The van der Waals surface area contributed by atoms with E-state index in [1.54, 1.807) is 6.07 Å². The molecule has 1 unspecified atom stereocenters. The first-order valence-electron chi connectivity index (χ1n) is 6.65. The van der Waals surface area contributed by atoms with Gasteiger partial charge in [0.25, 0.3) is 0 Å². The lowest BCUT2D eigenvalue weighted by molar-refractivity contribution is 0.546. The van der Waals surface area contributed by atoms with Gasteiger partial charge < -0.3 is 5.32 Å². The normalized spacial score (nSPS) is 12.5. The highest BCUT2D eigenvalue weighted by molar-refractivity contribution is 5.52. The first-order chi connectivity index (χ1) is 9.08. The third-order valence-corrected chi connectivity index (χ3v) is 3.32. The maximum Gasteiger partial charge on any atom is 0.123 e. The molecule has 2 heteroatoms. The largest absolute Gasteiger partial charge is 0.378 e. The van der Waals surface area contributed by atoms with Gasteiger partial charge in [-0.15, -0.1) is 0 Å². The van der Waals surface area contributed by atoms with E-state index in [-0.39, 0.29) is 11.9 Å². The Bertz CT molecular complexity index is 534. The third-order valence-electron chi connectivity index (χ3n) is 3.32. The lowest BCUT2D eigenvalue weighted by Gasteiger charge is -2.25. The van der Waals surface area contributed by atoms with Crippen LogP contribution in [-0.4, -0.2) is 0 Å². The summed E-state index contributed by atoms with van der Waals surface area (Å²) in [5.74, 6) is 0.260. The lowest BCUT2D eigenvalue weighted by atomic mass is 9.95. The monoisotopic (exact) mass is 257 g/mol. The Morgan fingerprint density at radius 3 is 2.26 bits per heavy atom. The topological polar surface area (TPSA) is 12.0 Å². The number of aryl methyl sites for hydroxylation is 1. The molecule has 0 saturated carbocycles. The van der Waals surface area contributed by atoms with Crippen LogP contribution in [0.3, 0.4) is 0 Å². The van der Waals surface area contributed by atoms with E-state index < -0.39 is 0 Å². The van der Waals surface area contributed by atoms with Crippen LogP contribution in [0.15, 0.2) is 48.5 Å².